The van der Waals surface area contributed by atoms with Gasteiger partial charge in [0.25, 0.3) is 0 Å². The monoisotopic (exact) mass is 246 g/mol. The van der Waals surface area contributed by atoms with Gasteiger partial charge in [0.15, 0.2) is 0 Å². The molecule has 1 aromatic carbocycles. The van der Waals surface area contributed by atoms with Gasteiger partial charge in [0.1, 0.15) is 0 Å². The summed E-state index contributed by atoms with van der Waals surface area (Å²) in [6, 6.07) is 12.0. The van der Waals surface area contributed by atoms with Crippen LogP contribution in [-0.4, -0.2) is 0 Å². The predicted molar refractivity (Wildman–Crippen MR) is 46.9 cm³/mol. The van der Waals surface area contributed by atoms with Gasteiger partial charge in [0.05, 0.1) is 0 Å². The van der Waals surface area contributed by atoms with E-state index in [-0.39, 0.29) is 33.4 Å². The molecule has 9 heavy (non-hydrogen) atoms. The zero-order chi connectivity index (χ0) is 4.24. The van der Waals surface area contributed by atoms with E-state index in [2.05, 4.69) is 0 Å². The van der Waals surface area contributed by atoms with Crippen molar-refractivity contribution in [1.82, 2.24) is 0 Å². The van der Waals surface area contributed by atoms with E-state index in [1.54, 1.807) is 0 Å². The quantitative estimate of drug-likeness (QED) is 0.617. The van der Waals surface area contributed by atoms with Crippen molar-refractivity contribution in [2.24, 2.45) is 0 Å². The van der Waals surface area contributed by atoms with Gasteiger partial charge in [-0.25, -0.2) is 0 Å². The molecule has 0 N–H and O–H groups in total. The first-order valence-corrected chi connectivity index (χ1v) is 2.00. The molecular formula is C6H9F2I. The van der Waals surface area contributed by atoms with Gasteiger partial charge in [-0.2, -0.15) is 0 Å². The summed E-state index contributed by atoms with van der Waals surface area (Å²) >= 11 is 0. The molecular weight excluding hydrogens is 237 g/mol. The molecule has 0 aromatic heterocycles. The highest BCUT2D eigenvalue weighted by Gasteiger charge is 1.57. The van der Waals surface area contributed by atoms with Gasteiger partial charge in [-0.3, -0.25) is 9.41 Å². The Kier molecular flexibility index (Phi) is 19.0. The summed E-state index contributed by atoms with van der Waals surface area (Å²) in [5.41, 5.74) is 0. The Labute approximate surface area is 70.0 Å². The second-order valence-electron chi connectivity index (χ2n) is 1.15. The minimum absolute atomic E-state index is 0. The lowest BCUT2D eigenvalue weighted by Crippen LogP contribution is -1.47. The molecule has 0 spiro atoms. The molecule has 1 rings (SSSR count). The summed E-state index contributed by atoms with van der Waals surface area (Å²) in [7, 11) is 0. The lowest BCUT2D eigenvalue weighted by atomic mass is 10.4. The normalized spacial score (nSPS) is 5.33. The molecule has 0 aliphatic carbocycles. The van der Waals surface area contributed by atoms with Crippen LogP contribution in [0.4, 0.5) is 9.41 Å². The highest BCUT2D eigenvalue weighted by atomic mass is 127. The van der Waals surface area contributed by atoms with Crippen LogP contribution in [0.3, 0.4) is 0 Å². The predicted octanol–water partition coefficient (Wildman–Crippen LogP) is 2.61. The van der Waals surface area contributed by atoms with E-state index in [4.69, 9.17) is 0 Å². The van der Waals surface area contributed by atoms with E-state index < -0.39 is 0 Å². The zero-order valence-electron chi connectivity index (χ0n) is 4.69. The van der Waals surface area contributed by atoms with Crippen LogP contribution in [0.15, 0.2) is 36.4 Å². The number of benzene rings is 1. The third-order valence-electron chi connectivity index (χ3n) is 0.667. The minimum atomic E-state index is 0. The fourth-order valence-electron chi connectivity index (χ4n) is 0.385. The van der Waals surface area contributed by atoms with Gasteiger partial charge in [-0.1, -0.05) is 36.4 Å². The van der Waals surface area contributed by atoms with Gasteiger partial charge in [-0.05, 0) is 0 Å². The van der Waals surface area contributed by atoms with Crippen molar-refractivity contribution in [2.45, 2.75) is 0 Å². The van der Waals surface area contributed by atoms with Crippen molar-refractivity contribution in [3.8, 4) is 0 Å². The zero-order valence-corrected chi connectivity index (χ0v) is 7.02. The number of hydrogen-bond donors (Lipinski definition) is 0. The van der Waals surface area contributed by atoms with Gasteiger partial charge >= 0.3 is 0 Å². The van der Waals surface area contributed by atoms with Gasteiger partial charge in [0, 0.05) is 0 Å². The highest BCUT2D eigenvalue weighted by molar-refractivity contribution is 14.0. The van der Waals surface area contributed by atoms with Crippen LogP contribution >= 0.6 is 24.0 Å². The number of hydrogen-bond acceptors (Lipinski definition) is 0. The van der Waals surface area contributed by atoms with Crippen molar-refractivity contribution in [3.63, 3.8) is 0 Å². The van der Waals surface area contributed by atoms with E-state index >= 15 is 0 Å². The van der Waals surface area contributed by atoms with Gasteiger partial charge in [0.2, 0.25) is 0 Å². The molecule has 0 heterocycles. The molecule has 0 radical (unpaired) electrons. The van der Waals surface area contributed by atoms with E-state index in [1.807, 2.05) is 36.4 Å². The van der Waals surface area contributed by atoms with Crippen LogP contribution < -0.4 is 0 Å². The number of halogens is 3. The van der Waals surface area contributed by atoms with Crippen molar-refractivity contribution in [2.75, 3.05) is 0 Å². The van der Waals surface area contributed by atoms with E-state index in [0.717, 1.165) is 0 Å². The summed E-state index contributed by atoms with van der Waals surface area (Å²) in [6.07, 6.45) is 0. The largest absolute Gasteiger partial charge is 0.269 e. The molecule has 0 unspecified atom stereocenters. The van der Waals surface area contributed by atoms with Crippen LogP contribution in [0.2, 0.25) is 0 Å². The Morgan fingerprint density at radius 2 is 0.556 bits per heavy atom. The average Bonchev–Trinajstić information content (AvgIpc) is 1.72. The maximum atomic E-state index is 2.00. The third kappa shape index (κ3) is 7.81. The van der Waals surface area contributed by atoms with E-state index in [0.29, 0.717) is 0 Å². The van der Waals surface area contributed by atoms with Crippen LogP contribution in [-0.2, 0) is 0 Å². The molecule has 0 aliphatic heterocycles. The highest BCUT2D eigenvalue weighted by Crippen LogP contribution is 1.79. The Bertz CT molecular complexity index is 83.0. The molecule has 0 fully saturated rings. The fraction of sp³-hybridized carbons (Fsp3) is 0. The summed E-state index contributed by atoms with van der Waals surface area (Å²) in [6.45, 7) is 0. The topological polar surface area (TPSA) is 0 Å². The molecule has 54 valence electrons. The molecule has 0 amide bonds. The lowest BCUT2D eigenvalue weighted by Gasteiger charge is -1.69. The first-order chi connectivity index (χ1) is 3.00. The Morgan fingerprint density at radius 3 is 0.667 bits per heavy atom. The first-order valence-electron chi connectivity index (χ1n) is 2.00. The summed E-state index contributed by atoms with van der Waals surface area (Å²) in [4.78, 5) is 0. The van der Waals surface area contributed by atoms with Crippen molar-refractivity contribution >= 4 is 24.0 Å². The van der Waals surface area contributed by atoms with Gasteiger partial charge < -0.3 is 0 Å². The van der Waals surface area contributed by atoms with Crippen molar-refractivity contribution in [3.05, 3.63) is 36.4 Å². The Balaban J connectivity index is -0.000000120. The van der Waals surface area contributed by atoms with Crippen LogP contribution in [0.25, 0.3) is 0 Å². The lowest BCUT2D eigenvalue weighted by molar-refractivity contribution is 1.11. The van der Waals surface area contributed by atoms with Crippen LogP contribution in [0, 0.1) is 0 Å². The third-order valence-corrected chi connectivity index (χ3v) is 0.667. The minimum Gasteiger partial charge on any atom is -0.269 e. The standard InChI is InChI=1S/C6H6.2FH.HI/c1-2-4-6-5-3-1;;;/h1-6H;3*1H. The summed E-state index contributed by atoms with van der Waals surface area (Å²) in [5.74, 6) is 0. The van der Waals surface area contributed by atoms with Crippen LogP contribution in [0.5, 0.6) is 0 Å². The summed E-state index contributed by atoms with van der Waals surface area (Å²) in [5, 5.41) is 0. The fourth-order valence-corrected chi connectivity index (χ4v) is 0.385. The van der Waals surface area contributed by atoms with E-state index in [9.17, 15) is 0 Å². The maximum Gasteiger partial charge on any atom is -0.0623 e. The first kappa shape index (κ1) is 15.9. The molecule has 0 saturated heterocycles. The second kappa shape index (κ2) is 10.7. The number of rotatable bonds is 0. The average molecular weight is 246 g/mol. The molecule has 1 aromatic rings. The smallest absolute Gasteiger partial charge is 0.0623 e. The molecule has 0 atom stereocenters. The van der Waals surface area contributed by atoms with E-state index in [1.165, 1.54) is 0 Å². The van der Waals surface area contributed by atoms with Crippen LogP contribution in [0.1, 0.15) is 0 Å². The SMILES string of the molecule is F.F.I.c1ccccc1. The Hall–Kier alpha value is -0.190. The summed E-state index contributed by atoms with van der Waals surface area (Å²) < 4.78 is 0. The molecule has 3 heteroatoms. The molecule has 0 saturated carbocycles. The Morgan fingerprint density at radius 1 is 0.444 bits per heavy atom. The second-order valence-corrected chi connectivity index (χ2v) is 1.15. The maximum absolute atomic E-state index is 2.00. The molecule has 0 nitrogen and oxygen atoms in total. The van der Waals surface area contributed by atoms with Crippen molar-refractivity contribution in [1.29, 1.82) is 0 Å². The molecule has 0 bridgehead atoms. The molecule has 0 aliphatic rings. The van der Waals surface area contributed by atoms with Crippen molar-refractivity contribution < 1.29 is 9.41 Å². The van der Waals surface area contributed by atoms with Gasteiger partial charge in [-0.15, -0.1) is 24.0 Å².